The molecule has 0 saturated carbocycles. The number of aliphatic hydroxyl groups is 1. The minimum Gasteiger partial charge on any atom is -0.486 e. The summed E-state index contributed by atoms with van der Waals surface area (Å²) in [6.45, 7) is 3.89. The summed E-state index contributed by atoms with van der Waals surface area (Å²) in [5.74, 6) is 0.417. The van der Waals surface area contributed by atoms with Crippen LogP contribution < -0.4 is 4.74 Å². The minimum atomic E-state index is -3.74. The molecule has 0 spiro atoms. The van der Waals surface area contributed by atoms with Crippen molar-refractivity contribution in [2.75, 3.05) is 27.3 Å². The van der Waals surface area contributed by atoms with Crippen LogP contribution in [0.25, 0.3) is 0 Å². The number of ether oxygens (including phenoxy) is 2. The minimum absolute atomic E-state index is 0.0385. The Hall–Kier alpha value is -1.15. The number of hydrogen-bond acceptors (Lipinski definition) is 5. The molecule has 6 nitrogen and oxygen atoms in total. The van der Waals surface area contributed by atoms with E-state index in [1.807, 2.05) is 19.9 Å². The highest BCUT2D eigenvalue weighted by atomic mass is 32.2. The Morgan fingerprint density at radius 2 is 2.14 bits per heavy atom. The monoisotopic (exact) mass is 329 g/mol. The lowest BCUT2D eigenvalue weighted by atomic mass is 10.0. The number of fused-ring (bicyclic) bond motifs is 1. The van der Waals surface area contributed by atoms with Crippen LogP contribution in [0.4, 0.5) is 0 Å². The zero-order valence-corrected chi connectivity index (χ0v) is 14.2. The van der Waals surface area contributed by atoms with E-state index in [0.29, 0.717) is 12.2 Å². The standard InChI is InChI=1S/C15H23NO5S/c1-15(2)8-11-6-5-7-13(14(11)21-15)22(18,19)16(3)9-12(17)10-20-4/h5-7,12,17H,8-10H2,1-4H3/t12-/m1/s1. The zero-order valence-electron chi connectivity index (χ0n) is 13.4. The number of para-hydroxylation sites is 1. The second kappa shape index (κ2) is 6.16. The fourth-order valence-corrected chi connectivity index (χ4v) is 3.96. The van der Waals surface area contributed by atoms with E-state index in [9.17, 15) is 13.5 Å². The zero-order chi connectivity index (χ0) is 16.5. The molecule has 1 aliphatic heterocycles. The SMILES string of the molecule is COC[C@H](O)CN(C)S(=O)(=O)c1cccc2c1OC(C)(C)C2. The molecule has 1 heterocycles. The number of sulfonamides is 1. The van der Waals surface area contributed by atoms with E-state index >= 15 is 0 Å². The van der Waals surface area contributed by atoms with Crippen LogP contribution in [-0.2, 0) is 21.2 Å². The Balaban J connectivity index is 2.30. The molecule has 124 valence electrons. The first kappa shape index (κ1) is 17.2. The van der Waals surface area contributed by atoms with Crippen LogP contribution in [0.15, 0.2) is 23.1 Å². The van der Waals surface area contributed by atoms with Gasteiger partial charge in [0.25, 0.3) is 0 Å². The lowest BCUT2D eigenvalue weighted by Gasteiger charge is -2.22. The Morgan fingerprint density at radius 3 is 2.77 bits per heavy atom. The van der Waals surface area contributed by atoms with Crippen molar-refractivity contribution in [2.45, 2.75) is 36.9 Å². The maximum absolute atomic E-state index is 12.7. The number of benzene rings is 1. The molecule has 1 atom stereocenters. The van der Waals surface area contributed by atoms with Crippen molar-refractivity contribution in [1.82, 2.24) is 4.31 Å². The molecule has 1 aliphatic rings. The van der Waals surface area contributed by atoms with Gasteiger partial charge < -0.3 is 14.6 Å². The van der Waals surface area contributed by atoms with Gasteiger partial charge in [-0.2, -0.15) is 4.31 Å². The van der Waals surface area contributed by atoms with E-state index in [4.69, 9.17) is 9.47 Å². The molecule has 2 rings (SSSR count). The normalized spacial score (nSPS) is 18.1. The summed E-state index contributed by atoms with van der Waals surface area (Å²) >= 11 is 0. The summed E-state index contributed by atoms with van der Waals surface area (Å²) in [5.41, 5.74) is 0.471. The van der Waals surface area contributed by atoms with Crippen molar-refractivity contribution >= 4 is 10.0 Å². The molecule has 0 saturated heterocycles. The first-order valence-corrected chi connectivity index (χ1v) is 8.55. The van der Waals surface area contributed by atoms with Crippen molar-refractivity contribution in [2.24, 2.45) is 0 Å². The summed E-state index contributed by atoms with van der Waals surface area (Å²) in [7, 11) is -0.841. The van der Waals surface area contributed by atoms with E-state index < -0.39 is 21.7 Å². The molecule has 1 aromatic rings. The van der Waals surface area contributed by atoms with Crippen LogP contribution in [0.1, 0.15) is 19.4 Å². The molecule has 0 unspecified atom stereocenters. The van der Waals surface area contributed by atoms with E-state index in [0.717, 1.165) is 9.87 Å². The molecule has 7 heteroatoms. The van der Waals surface area contributed by atoms with Gasteiger partial charge in [0.2, 0.25) is 10.0 Å². The molecular formula is C15H23NO5S. The number of methoxy groups -OCH3 is 1. The van der Waals surface area contributed by atoms with E-state index in [-0.39, 0.29) is 18.0 Å². The highest BCUT2D eigenvalue weighted by Gasteiger charge is 2.36. The molecular weight excluding hydrogens is 306 g/mol. The van der Waals surface area contributed by atoms with Crippen LogP contribution in [0.5, 0.6) is 5.75 Å². The van der Waals surface area contributed by atoms with Gasteiger partial charge in [-0.3, -0.25) is 0 Å². The van der Waals surface area contributed by atoms with Crippen LogP contribution >= 0.6 is 0 Å². The predicted octanol–water partition coefficient (Wildman–Crippen LogP) is 1.03. The third kappa shape index (κ3) is 3.43. The maximum atomic E-state index is 12.7. The van der Waals surface area contributed by atoms with Gasteiger partial charge in [0.05, 0.1) is 12.7 Å². The van der Waals surface area contributed by atoms with Gasteiger partial charge in [-0.05, 0) is 25.5 Å². The summed E-state index contributed by atoms with van der Waals surface area (Å²) in [5, 5.41) is 9.74. The third-order valence-corrected chi connectivity index (χ3v) is 5.42. The van der Waals surface area contributed by atoms with Crippen molar-refractivity contribution in [3.63, 3.8) is 0 Å². The third-order valence-electron chi connectivity index (χ3n) is 3.57. The lowest BCUT2D eigenvalue weighted by Crippen LogP contribution is -2.36. The van der Waals surface area contributed by atoms with E-state index in [1.54, 1.807) is 6.07 Å². The van der Waals surface area contributed by atoms with Gasteiger partial charge in [-0.25, -0.2) is 8.42 Å². The molecule has 22 heavy (non-hydrogen) atoms. The molecule has 0 amide bonds. The highest BCUT2D eigenvalue weighted by molar-refractivity contribution is 7.89. The van der Waals surface area contributed by atoms with Gasteiger partial charge in [-0.15, -0.1) is 0 Å². The first-order chi connectivity index (χ1) is 10.2. The van der Waals surface area contributed by atoms with Crippen LogP contribution in [0.2, 0.25) is 0 Å². The number of rotatable bonds is 6. The summed E-state index contributed by atoms with van der Waals surface area (Å²) < 4.78 is 37.2. The Bertz CT molecular complexity index is 641. The molecule has 1 aromatic carbocycles. The summed E-state index contributed by atoms with van der Waals surface area (Å²) in [6, 6.07) is 5.13. The van der Waals surface area contributed by atoms with Crippen molar-refractivity contribution < 1.29 is 23.0 Å². The lowest BCUT2D eigenvalue weighted by molar-refractivity contribution is 0.0553. The maximum Gasteiger partial charge on any atom is 0.246 e. The number of hydrogen-bond donors (Lipinski definition) is 1. The Kier molecular flexibility index (Phi) is 4.81. The number of aliphatic hydroxyl groups excluding tert-OH is 1. The molecule has 0 bridgehead atoms. The first-order valence-electron chi connectivity index (χ1n) is 7.11. The van der Waals surface area contributed by atoms with Crippen LogP contribution in [0.3, 0.4) is 0 Å². The smallest absolute Gasteiger partial charge is 0.246 e. The topological polar surface area (TPSA) is 76.1 Å². The van der Waals surface area contributed by atoms with Gasteiger partial charge in [0.1, 0.15) is 16.2 Å². The number of likely N-dealkylation sites (N-methyl/N-ethyl adjacent to an activating group) is 1. The average molecular weight is 329 g/mol. The predicted molar refractivity (Wildman–Crippen MR) is 82.6 cm³/mol. The van der Waals surface area contributed by atoms with Gasteiger partial charge >= 0.3 is 0 Å². The summed E-state index contributed by atoms with van der Waals surface area (Å²) in [4.78, 5) is 0.141. The molecule has 0 aromatic heterocycles. The van der Waals surface area contributed by atoms with Gasteiger partial charge in [-0.1, -0.05) is 12.1 Å². The molecule has 0 fully saturated rings. The van der Waals surface area contributed by atoms with Gasteiger partial charge in [0, 0.05) is 27.1 Å². The molecule has 0 radical (unpaired) electrons. The highest BCUT2D eigenvalue weighted by Crippen LogP contribution is 2.40. The van der Waals surface area contributed by atoms with Crippen molar-refractivity contribution in [1.29, 1.82) is 0 Å². The van der Waals surface area contributed by atoms with Crippen LogP contribution in [-0.4, -0.2) is 56.8 Å². The Labute approximate surface area is 131 Å². The van der Waals surface area contributed by atoms with Crippen molar-refractivity contribution in [3.8, 4) is 5.75 Å². The molecule has 0 aliphatic carbocycles. The fraction of sp³-hybridized carbons (Fsp3) is 0.600. The largest absolute Gasteiger partial charge is 0.486 e. The Morgan fingerprint density at radius 1 is 1.45 bits per heavy atom. The second-order valence-corrected chi connectivity index (χ2v) is 8.19. The van der Waals surface area contributed by atoms with Crippen LogP contribution in [0, 0.1) is 0 Å². The fourth-order valence-electron chi connectivity index (χ4n) is 2.60. The number of nitrogens with zero attached hydrogens (tertiary/aromatic N) is 1. The van der Waals surface area contributed by atoms with Gasteiger partial charge in [0.15, 0.2) is 0 Å². The van der Waals surface area contributed by atoms with Crippen molar-refractivity contribution in [3.05, 3.63) is 23.8 Å². The second-order valence-electron chi connectivity index (χ2n) is 6.18. The van der Waals surface area contributed by atoms with E-state index in [1.165, 1.54) is 20.2 Å². The quantitative estimate of drug-likeness (QED) is 0.843. The summed E-state index contributed by atoms with van der Waals surface area (Å²) in [6.07, 6.45) is -0.208. The average Bonchev–Trinajstić information content (AvgIpc) is 2.71. The molecule has 1 N–H and O–H groups in total. The van der Waals surface area contributed by atoms with E-state index in [2.05, 4.69) is 0 Å².